The van der Waals surface area contributed by atoms with E-state index in [1.54, 1.807) is 24.9 Å². The van der Waals surface area contributed by atoms with Crippen molar-refractivity contribution in [2.75, 3.05) is 0 Å². The minimum Gasteiger partial charge on any atom is -0.0743 e. The van der Waals surface area contributed by atoms with E-state index in [1.165, 1.54) is 89.9 Å². The molecule has 0 saturated heterocycles. The van der Waals surface area contributed by atoms with Gasteiger partial charge in [0.05, 0.1) is 0 Å². The van der Waals surface area contributed by atoms with E-state index in [1.807, 2.05) is 0 Å². The number of rotatable bonds is 19. The Morgan fingerprint density at radius 1 is 0.417 bits per heavy atom. The second kappa shape index (κ2) is 19.8. The maximum Gasteiger partial charge on any atom is 0.0274 e. The molecule has 146 valence electrons. The summed E-state index contributed by atoms with van der Waals surface area (Å²) in [5.41, 5.74) is 0. The van der Waals surface area contributed by atoms with Crippen LogP contribution in [0.2, 0.25) is 25.2 Å². The molecule has 0 radical (unpaired) electrons. The summed E-state index contributed by atoms with van der Waals surface area (Å²) >= 11 is 0. The van der Waals surface area contributed by atoms with Gasteiger partial charge in [-0.15, -0.1) is 0 Å². The first-order chi connectivity index (χ1) is 11.7. The van der Waals surface area contributed by atoms with Gasteiger partial charge in [-0.05, 0) is 0 Å². The maximum absolute atomic E-state index is 2.65. The molecule has 0 aliphatic rings. The van der Waals surface area contributed by atoms with Gasteiger partial charge in [0.1, 0.15) is 0 Å². The summed E-state index contributed by atoms with van der Waals surface area (Å²) in [5.74, 6) is 0. The molecular weight excluding hydrogens is 320 g/mol. The van der Waals surface area contributed by atoms with Crippen molar-refractivity contribution in [3.8, 4) is 0 Å². The molecule has 0 aromatic rings. The fourth-order valence-electron chi connectivity index (χ4n) is 3.89. The minimum absolute atomic E-state index is 0.295. The van der Waals surface area contributed by atoms with Crippen LogP contribution in [0.3, 0.4) is 0 Å². The van der Waals surface area contributed by atoms with Crippen molar-refractivity contribution in [1.82, 2.24) is 0 Å². The highest BCUT2D eigenvalue weighted by Gasteiger charge is 2.15. The van der Waals surface area contributed by atoms with Crippen molar-refractivity contribution >= 4 is 16.6 Å². The van der Waals surface area contributed by atoms with Crippen molar-refractivity contribution in [3.05, 3.63) is 0 Å². The van der Waals surface area contributed by atoms with E-state index in [-0.39, 0.29) is 16.6 Å². The van der Waals surface area contributed by atoms with Crippen molar-refractivity contribution < 1.29 is 0 Å². The lowest BCUT2D eigenvalue weighted by atomic mass is 10.1. The summed E-state index contributed by atoms with van der Waals surface area (Å²) < 4.78 is 0. The van der Waals surface area contributed by atoms with Gasteiger partial charge in [-0.2, -0.15) is 0 Å². The van der Waals surface area contributed by atoms with Crippen molar-refractivity contribution in [1.29, 1.82) is 0 Å². The SMILES string of the molecule is CCCCCCCCCC[SiH](CCCCCCCCCC)[SiH](C)C. The van der Waals surface area contributed by atoms with Crippen LogP contribution in [-0.2, 0) is 0 Å². The minimum atomic E-state index is -0.308. The predicted molar refractivity (Wildman–Crippen MR) is 121 cm³/mol. The van der Waals surface area contributed by atoms with Gasteiger partial charge in [0.2, 0.25) is 0 Å². The fraction of sp³-hybridized carbons (Fsp3) is 1.00. The molecular formula is C22H50Si2. The molecule has 0 amide bonds. The summed E-state index contributed by atoms with van der Waals surface area (Å²) in [5, 5.41) is 0. The first-order valence-corrected chi connectivity index (χ1v) is 18.3. The summed E-state index contributed by atoms with van der Waals surface area (Å²) in [7, 11) is -0.603. The quantitative estimate of drug-likeness (QED) is 0.159. The van der Waals surface area contributed by atoms with Crippen molar-refractivity contribution in [2.45, 2.75) is 142 Å². The first-order valence-electron chi connectivity index (χ1n) is 11.7. The molecule has 0 nitrogen and oxygen atoms in total. The van der Waals surface area contributed by atoms with E-state index >= 15 is 0 Å². The zero-order valence-electron chi connectivity index (χ0n) is 17.9. The van der Waals surface area contributed by atoms with Gasteiger partial charge in [0.15, 0.2) is 0 Å². The molecule has 2 heteroatoms. The molecule has 0 aromatic carbocycles. The molecule has 0 N–H and O–H groups in total. The number of hydrogen-bond acceptors (Lipinski definition) is 0. The molecule has 0 aromatic heterocycles. The Morgan fingerprint density at radius 3 is 1.00 bits per heavy atom. The van der Waals surface area contributed by atoms with E-state index in [0.717, 1.165) is 0 Å². The van der Waals surface area contributed by atoms with Gasteiger partial charge in [0, 0.05) is 16.6 Å². The zero-order valence-corrected chi connectivity index (χ0v) is 20.2. The third kappa shape index (κ3) is 17.3. The van der Waals surface area contributed by atoms with E-state index in [9.17, 15) is 0 Å². The van der Waals surface area contributed by atoms with E-state index in [2.05, 4.69) is 26.9 Å². The van der Waals surface area contributed by atoms with Gasteiger partial charge in [-0.1, -0.05) is 142 Å². The molecule has 24 heavy (non-hydrogen) atoms. The van der Waals surface area contributed by atoms with Crippen LogP contribution in [0.1, 0.15) is 117 Å². The lowest BCUT2D eigenvalue weighted by Gasteiger charge is -2.18. The average molecular weight is 371 g/mol. The van der Waals surface area contributed by atoms with Crippen LogP contribution in [0, 0.1) is 0 Å². The Bertz CT molecular complexity index is 208. The van der Waals surface area contributed by atoms with Gasteiger partial charge in [-0.3, -0.25) is 0 Å². The predicted octanol–water partition coefficient (Wildman–Crippen LogP) is 8.06. The summed E-state index contributed by atoms with van der Waals surface area (Å²) in [6, 6.07) is 3.38. The van der Waals surface area contributed by atoms with Crippen LogP contribution in [0.25, 0.3) is 0 Å². The number of unbranched alkanes of at least 4 members (excludes halogenated alkanes) is 14. The molecule has 0 fully saturated rings. The summed E-state index contributed by atoms with van der Waals surface area (Å²) in [6.45, 7) is 9.92. The Labute approximate surface area is 158 Å². The second-order valence-corrected chi connectivity index (χ2v) is 20.5. The third-order valence-electron chi connectivity index (χ3n) is 5.80. The van der Waals surface area contributed by atoms with Crippen molar-refractivity contribution in [3.63, 3.8) is 0 Å². The molecule has 0 aliphatic carbocycles. The topological polar surface area (TPSA) is 0 Å². The highest BCUT2D eigenvalue weighted by atomic mass is 29.2. The zero-order chi connectivity index (χ0) is 17.9. The Morgan fingerprint density at radius 2 is 0.708 bits per heavy atom. The van der Waals surface area contributed by atoms with Gasteiger partial charge in [0.25, 0.3) is 0 Å². The van der Waals surface area contributed by atoms with Crippen molar-refractivity contribution in [2.24, 2.45) is 0 Å². The third-order valence-corrected chi connectivity index (χ3v) is 17.6. The monoisotopic (exact) mass is 370 g/mol. The van der Waals surface area contributed by atoms with Gasteiger partial charge in [-0.25, -0.2) is 0 Å². The van der Waals surface area contributed by atoms with Crippen LogP contribution in [0.15, 0.2) is 0 Å². The van der Waals surface area contributed by atoms with E-state index in [4.69, 9.17) is 0 Å². The first kappa shape index (κ1) is 24.4. The second-order valence-electron chi connectivity index (χ2n) is 8.53. The molecule has 0 aliphatic heterocycles. The van der Waals surface area contributed by atoms with Crippen LogP contribution in [-0.4, -0.2) is 16.6 Å². The summed E-state index contributed by atoms with van der Waals surface area (Å²) in [6.07, 6.45) is 23.9. The maximum atomic E-state index is 2.65. The molecule has 0 atom stereocenters. The van der Waals surface area contributed by atoms with Gasteiger partial charge < -0.3 is 0 Å². The lowest BCUT2D eigenvalue weighted by Crippen LogP contribution is -2.29. The summed E-state index contributed by atoms with van der Waals surface area (Å²) in [4.78, 5) is 0. The largest absolute Gasteiger partial charge is 0.0743 e. The van der Waals surface area contributed by atoms with Gasteiger partial charge >= 0.3 is 0 Å². The molecule has 0 heterocycles. The Kier molecular flexibility index (Phi) is 20.1. The molecule has 0 unspecified atom stereocenters. The van der Waals surface area contributed by atoms with Crippen LogP contribution < -0.4 is 0 Å². The molecule has 0 bridgehead atoms. The average Bonchev–Trinajstić information content (AvgIpc) is 2.57. The van der Waals surface area contributed by atoms with Crippen LogP contribution >= 0.6 is 0 Å². The highest BCUT2D eigenvalue weighted by Crippen LogP contribution is 2.17. The van der Waals surface area contributed by atoms with Crippen LogP contribution in [0.4, 0.5) is 0 Å². The lowest BCUT2D eigenvalue weighted by molar-refractivity contribution is 0.581. The van der Waals surface area contributed by atoms with Crippen LogP contribution in [0.5, 0.6) is 0 Å². The molecule has 0 rings (SSSR count). The number of hydrogen-bond donors (Lipinski definition) is 0. The normalized spacial score (nSPS) is 11.8. The molecule has 0 saturated carbocycles. The standard InChI is InChI=1S/C22H50Si2/c1-5-7-9-11-13-15-17-19-21-24(23(3)4)22-20-18-16-14-12-10-8-6-2/h23-24H,5-22H2,1-4H3. The van der Waals surface area contributed by atoms with E-state index in [0.29, 0.717) is 0 Å². The van der Waals surface area contributed by atoms with E-state index < -0.39 is 0 Å². The fourth-order valence-corrected chi connectivity index (χ4v) is 12.6. The Hall–Kier alpha value is 0.434. The molecule has 0 spiro atoms. The highest BCUT2D eigenvalue weighted by molar-refractivity contribution is 7.21. The Balaban J connectivity index is 3.47. The smallest absolute Gasteiger partial charge is 0.0274 e.